The number of hydrogen-bond donors (Lipinski definition) is 4. The number of nitrogens with zero attached hydrogens (tertiary/aromatic N) is 2. The fourth-order valence-electron chi connectivity index (χ4n) is 3.69. The molecule has 0 spiro atoms. The molecule has 6 nitrogen and oxygen atoms in total. The lowest BCUT2D eigenvalue weighted by Crippen LogP contribution is -2.39. The van der Waals surface area contributed by atoms with Crippen molar-refractivity contribution in [2.24, 2.45) is 5.73 Å². The zero-order chi connectivity index (χ0) is 21.3. The zero-order valence-electron chi connectivity index (χ0n) is 16.3. The second kappa shape index (κ2) is 7.79. The van der Waals surface area contributed by atoms with Gasteiger partial charge in [0.15, 0.2) is 5.82 Å². The summed E-state index contributed by atoms with van der Waals surface area (Å²) in [4.78, 5) is 4.50. The highest BCUT2D eigenvalue weighted by Crippen LogP contribution is 2.35. The molecule has 1 aliphatic carbocycles. The normalized spacial score (nSPS) is 15.7. The third kappa shape index (κ3) is 3.86. The molecular weight excluding hydrogens is 386 g/mol. The lowest BCUT2D eigenvalue weighted by atomic mass is 9.98. The zero-order valence-corrected chi connectivity index (χ0v) is 16.3. The molecule has 4 rings (SSSR count). The number of anilines is 1. The van der Waals surface area contributed by atoms with Gasteiger partial charge in [0.25, 0.3) is 0 Å². The van der Waals surface area contributed by atoms with E-state index < -0.39 is 11.4 Å². The van der Waals surface area contributed by atoms with Crippen LogP contribution in [0.2, 0.25) is 0 Å². The Labute approximate surface area is 172 Å². The highest BCUT2D eigenvalue weighted by Gasteiger charge is 2.34. The second-order valence-electron chi connectivity index (χ2n) is 7.63. The summed E-state index contributed by atoms with van der Waals surface area (Å²) in [6.45, 7) is 0. The van der Waals surface area contributed by atoms with Crippen LogP contribution in [-0.2, 0) is 5.54 Å². The van der Waals surface area contributed by atoms with Gasteiger partial charge in [0.1, 0.15) is 17.5 Å². The summed E-state index contributed by atoms with van der Waals surface area (Å²) in [5.41, 5.74) is 13.5. The van der Waals surface area contributed by atoms with Gasteiger partial charge < -0.3 is 11.5 Å². The number of aromatic nitrogens is 3. The molecule has 30 heavy (non-hydrogen) atoms. The monoisotopic (exact) mass is 409 g/mol. The van der Waals surface area contributed by atoms with E-state index in [1.54, 1.807) is 30.4 Å². The molecule has 0 unspecified atom stereocenters. The van der Waals surface area contributed by atoms with Gasteiger partial charge in [-0.15, -0.1) is 0 Å². The first-order valence-corrected chi connectivity index (χ1v) is 9.73. The van der Waals surface area contributed by atoms with E-state index in [9.17, 15) is 8.78 Å². The molecule has 0 aliphatic heterocycles. The van der Waals surface area contributed by atoms with E-state index in [0.717, 1.165) is 31.2 Å². The number of benzene rings is 2. The molecule has 0 bridgehead atoms. The first kappa shape index (κ1) is 19.9. The SMILES string of the molecule is Nc1c(F)cc(-c2n[nH]c(C3(N)CCCC3)n2)cc1C(=[NH2+])/C=C/c1ccc(F)cc1. The number of nitrogen functional groups attached to an aromatic ring is 1. The van der Waals surface area contributed by atoms with E-state index in [4.69, 9.17) is 16.9 Å². The van der Waals surface area contributed by atoms with Gasteiger partial charge in [0.05, 0.1) is 16.8 Å². The van der Waals surface area contributed by atoms with E-state index in [2.05, 4.69) is 15.2 Å². The van der Waals surface area contributed by atoms with Crippen LogP contribution >= 0.6 is 0 Å². The number of halogens is 2. The van der Waals surface area contributed by atoms with Crippen molar-refractivity contribution in [2.75, 3.05) is 5.73 Å². The summed E-state index contributed by atoms with van der Waals surface area (Å²) >= 11 is 0. The van der Waals surface area contributed by atoms with Gasteiger partial charge in [-0.1, -0.05) is 25.0 Å². The maximum atomic E-state index is 14.5. The molecule has 3 aromatic rings. The molecular formula is C22H23F2N6+. The van der Waals surface area contributed by atoms with Gasteiger partial charge >= 0.3 is 0 Å². The Morgan fingerprint density at radius 1 is 1.13 bits per heavy atom. The Morgan fingerprint density at radius 2 is 1.83 bits per heavy atom. The van der Waals surface area contributed by atoms with Crippen molar-refractivity contribution < 1.29 is 14.2 Å². The smallest absolute Gasteiger partial charge is 0.206 e. The molecule has 0 radical (unpaired) electrons. The first-order chi connectivity index (χ1) is 14.4. The number of nitrogens with one attached hydrogen (secondary N) is 1. The van der Waals surface area contributed by atoms with Crippen LogP contribution in [0.3, 0.4) is 0 Å². The number of aromatic amines is 1. The Hall–Kier alpha value is -3.39. The quantitative estimate of drug-likeness (QED) is 0.382. The summed E-state index contributed by atoms with van der Waals surface area (Å²) in [5.74, 6) is -0.0136. The number of nitrogens with two attached hydrogens (primary N) is 3. The minimum absolute atomic E-state index is 0.0677. The standard InChI is InChI=1S/C22H22F2N6/c23-15-6-3-13(4-7-15)5-8-18(25)16-11-14(12-17(24)19(16)26)20-28-21(30-29-20)22(27)9-1-2-10-22/h3-8,11-12,25H,1-2,9-10,26-27H2,(H,28,29,30)/p+1/b8-5+,25-18?. The fraction of sp³-hybridized carbons (Fsp3) is 0.227. The number of hydrogen-bond acceptors (Lipinski definition) is 4. The average molecular weight is 409 g/mol. The number of allylic oxidation sites excluding steroid dienone is 1. The van der Waals surface area contributed by atoms with Gasteiger partial charge in [0.2, 0.25) is 5.71 Å². The lowest BCUT2D eigenvalue weighted by molar-refractivity contribution is -0.110. The maximum Gasteiger partial charge on any atom is 0.206 e. The molecule has 154 valence electrons. The van der Waals surface area contributed by atoms with Crippen molar-refractivity contribution in [1.29, 1.82) is 0 Å². The van der Waals surface area contributed by atoms with Crippen LogP contribution in [-0.4, -0.2) is 20.9 Å². The van der Waals surface area contributed by atoms with Gasteiger partial charge in [-0.25, -0.2) is 13.8 Å². The molecule has 0 saturated heterocycles. The third-order valence-corrected chi connectivity index (χ3v) is 5.48. The Balaban J connectivity index is 1.63. The minimum Gasteiger partial charge on any atom is -0.396 e. The van der Waals surface area contributed by atoms with Crippen molar-refractivity contribution in [2.45, 2.75) is 31.2 Å². The molecule has 8 heteroatoms. The summed E-state index contributed by atoms with van der Waals surface area (Å²) in [7, 11) is 0. The molecule has 0 amide bonds. The van der Waals surface area contributed by atoms with Crippen LogP contribution in [0.25, 0.3) is 17.5 Å². The van der Waals surface area contributed by atoms with E-state index in [0.29, 0.717) is 22.8 Å². The van der Waals surface area contributed by atoms with Crippen LogP contribution in [0.5, 0.6) is 0 Å². The predicted octanol–water partition coefficient (Wildman–Crippen LogP) is 2.32. The van der Waals surface area contributed by atoms with E-state index in [1.807, 2.05) is 0 Å². The summed E-state index contributed by atoms with van der Waals surface area (Å²) in [5, 5.41) is 13.3. The van der Waals surface area contributed by atoms with Crippen molar-refractivity contribution >= 4 is 17.5 Å². The van der Waals surface area contributed by atoms with Gasteiger partial charge in [-0.05, 0) is 48.7 Å². The second-order valence-corrected chi connectivity index (χ2v) is 7.63. The Kier molecular flexibility index (Phi) is 5.17. The predicted molar refractivity (Wildman–Crippen MR) is 112 cm³/mol. The molecule has 2 aromatic carbocycles. The van der Waals surface area contributed by atoms with Crippen LogP contribution in [0.1, 0.15) is 42.6 Å². The van der Waals surface area contributed by atoms with Crippen LogP contribution < -0.4 is 16.9 Å². The topological polar surface area (TPSA) is 119 Å². The van der Waals surface area contributed by atoms with Crippen molar-refractivity contribution in [3.63, 3.8) is 0 Å². The molecule has 1 fully saturated rings. The lowest BCUT2D eigenvalue weighted by Gasteiger charge is -2.19. The molecule has 0 atom stereocenters. The van der Waals surface area contributed by atoms with E-state index in [1.165, 1.54) is 18.2 Å². The Bertz CT molecular complexity index is 1110. The van der Waals surface area contributed by atoms with Gasteiger partial charge in [0, 0.05) is 11.6 Å². The molecule has 1 heterocycles. The highest BCUT2D eigenvalue weighted by atomic mass is 19.1. The summed E-state index contributed by atoms with van der Waals surface area (Å²) in [6, 6.07) is 8.84. The van der Waals surface area contributed by atoms with Crippen LogP contribution in [0.4, 0.5) is 14.5 Å². The summed E-state index contributed by atoms with van der Waals surface area (Å²) in [6.07, 6.45) is 7.04. The minimum atomic E-state index is -0.615. The largest absolute Gasteiger partial charge is 0.396 e. The average Bonchev–Trinajstić information content (AvgIpc) is 3.40. The number of rotatable bonds is 5. The van der Waals surface area contributed by atoms with Crippen molar-refractivity contribution in [3.05, 3.63) is 71.1 Å². The van der Waals surface area contributed by atoms with Crippen molar-refractivity contribution in [3.8, 4) is 11.4 Å². The molecule has 1 saturated carbocycles. The van der Waals surface area contributed by atoms with Crippen LogP contribution in [0.15, 0.2) is 42.5 Å². The van der Waals surface area contributed by atoms with Gasteiger partial charge in [-0.3, -0.25) is 10.5 Å². The molecule has 1 aromatic heterocycles. The van der Waals surface area contributed by atoms with E-state index in [-0.39, 0.29) is 17.2 Å². The van der Waals surface area contributed by atoms with E-state index >= 15 is 0 Å². The highest BCUT2D eigenvalue weighted by molar-refractivity contribution is 6.10. The Morgan fingerprint density at radius 3 is 2.53 bits per heavy atom. The molecule has 1 aliphatic rings. The number of H-pyrrole nitrogens is 1. The summed E-state index contributed by atoms with van der Waals surface area (Å²) < 4.78 is 27.6. The maximum absolute atomic E-state index is 14.5. The first-order valence-electron chi connectivity index (χ1n) is 9.73. The van der Waals surface area contributed by atoms with Gasteiger partial charge in [-0.2, -0.15) is 5.10 Å². The third-order valence-electron chi connectivity index (χ3n) is 5.48. The van der Waals surface area contributed by atoms with Crippen molar-refractivity contribution in [1.82, 2.24) is 15.2 Å². The fourth-order valence-corrected chi connectivity index (χ4v) is 3.69. The molecule has 7 N–H and O–H groups in total. The van der Waals surface area contributed by atoms with Crippen LogP contribution in [0, 0.1) is 11.6 Å².